The molecule has 2 N–H and O–H groups in total. The maximum Gasteiger partial charge on any atom is 0.309 e. The van der Waals surface area contributed by atoms with Gasteiger partial charge in [-0.1, -0.05) is 24.3 Å². The van der Waals surface area contributed by atoms with E-state index in [1.165, 1.54) is 22.5 Å². The van der Waals surface area contributed by atoms with E-state index in [2.05, 4.69) is 36.3 Å². The van der Waals surface area contributed by atoms with Crippen molar-refractivity contribution in [2.75, 3.05) is 5.32 Å². The van der Waals surface area contributed by atoms with Crippen molar-refractivity contribution in [1.29, 1.82) is 0 Å². The normalized spacial score (nSPS) is 12.1. The molecule has 19 heavy (non-hydrogen) atoms. The number of carboxylic acids is 1. The first kappa shape index (κ1) is 13.5. The van der Waals surface area contributed by atoms with Crippen LogP contribution in [0.15, 0.2) is 29.6 Å². The van der Waals surface area contributed by atoms with Crippen molar-refractivity contribution in [3.05, 3.63) is 46.5 Å². The molecule has 0 aliphatic carbocycles. The van der Waals surface area contributed by atoms with E-state index in [-0.39, 0.29) is 12.5 Å². The van der Waals surface area contributed by atoms with Crippen LogP contribution in [0.1, 0.15) is 29.8 Å². The minimum atomic E-state index is -0.858. The number of aryl methyl sites for hydroxylation is 1. The number of anilines is 1. The summed E-state index contributed by atoms with van der Waals surface area (Å²) in [5.74, 6) is -0.858. The maximum absolute atomic E-state index is 10.6. The summed E-state index contributed by atoms with van der Waals surface area (Å²) in [4.78, 5) is 14.9. The average molecular weight is 276 g/mol. The molecule has 0 fully saturated rings. The molecule has 0 aliphatic rings. The quantitative estimate of drug-likeness (QED) is 0.880. The molecular weight excluding hydrogens is 260 g/mol. The lowest BCUT2D eigenvalue weighted by Gasteiger charge is -2.15. The number of thiazole rings is 1. The van der Waals surface area contributed by atoms with E-state index in [9.17, 15) is 4.79 Å². The lowest BCUT2D eigenvalue weighted by Crippen LogP contribution is -2.08. The second-order valence-corrected chi connectivity index (χ2v) is 5.30. The number of aliphatic carboxylic acids is 1. The summed E-state index contributed by atoms with van der Waals surface area (Å²) in [7, 11) is 0. The number of benzene rings is 1. The van der Waals surface area contributed by atoms with Gasteiger partial charge in [-0.2, -0.15) is 0 Å². The Kier molecular flexibility index (Phi) is 4.16. The molecular formula is C14H16N2O2S. The second kappa shape index (κ2) is 5.84. The predicted octanol–water partition coefficient (Wildman–Crippen LogP) is 3.25. The second-order valence-electron chi connectivity index (χ2n) is 4.44. The van der Waals surface area contributed by atoms with Gasteiger partial charge in [0.15, 0.2) is 5.13 Å². The van der Waals surface area contributed by atoms with Crippen LogP contribution in [-0.4, -0.2) is 16.1 Å². The van der Waals surface area contributed by atoms with Crippen molar-refractivity contribution < 1.29 is 9.90 Å². The van der Waals surface area contributed by atoms with E-state index in [1.807, 2.05) is 12.1 Å². The van der Waals surface area contributed by atoms with Crippen molar-refractivity contribution in [3.8, 4) is 0 Å². The Bertz CT molecular complexity index is 580. The highest BCUT2D eigenvalue weighted by molar-refractivity contribution is 7.13. The van der Waals surface area contributed by atoms with Gasteiger partial charge >= 0.3 is 5.97 Å². The Labute approximate surface area is 116 Å². The van der Waals surface area contributed by atoms with Crippen LogP contribution in [0.25, 0.3) is 0 Å². The molecule has 0 spiro atoms. The standard InChI is InChI=1S/C14H16N2O2S/c1-9-5-3-4-6-12(9)10(2)15-14-16-11(8-19-14)7-13(17)18/h3-6,8,10H,7H2,1-2H3,(H,15,16)(H,17,18). The monoisotopic (exact) mass is 276 g/mol. The molecule has 1 heterocycles. The Hall–Kier alpha value is -1.88. The fourth-order valence-corrected chi connectivity index (χ4v) is 2.74. The van der Waals surface area contributed by atoms with Crippen LogP contribution < -0.4 is 5.32 Å². The zero-order valence-corrected chi connectivity index (χ0v) is 11.7. The molecule has 100 valence electrons. The number of hydrogen-bond acceptors (Lipinski definition) is 4. The van der Waals surface area contributed by atoms with Gasteiger partial charge < -0.3 is 10.4 Å². The van der Waals surface area contributed by atoms with Gasteiger partial charge in [-0.05, 0) is 25.0 Å². The summed E-state index contributed by atoms with van der Waals surface area (Å²) in [5.41, 5.74) is 3.04. The molecule has 5 heteroatoms. The number of carboxylic acid groups (broad SMARTS) is 1. The van der Waals surface area contributed by atoms with Crippen LogP contribution >= 0.6 is 11.3 Å². The Balaban J connectivity index is 2.07. The van der Waals surface area contributed by atoms with E-state index < -0.39 is 5.97 Å². The molecule has 0 saturated carbocycles. The molecule has 1 unspecified atom stereocenters. The zero-order valence-electron chi connectivity index (χ0n) is 10.9. The van der Waals surface area contributed by atoms with Crippen molar-refractivity contribution in [2.24, 2.45) is 0 Å². The minimum absolute atomic E-state index is 0.0308. The number of nitrogens with zero attached hydrogens (tertiary/aromatic N) is 1. The average Bonchev–Trinajstić information content (AvgIpc) is 2.76. The minimum Gasteiger partial charge on any atom is -0.481 e. The van der Waals surface area contributed by atoms with Crippen molar-refractivity contribution in [2.45, 2.75) is 26.3 Å². The van der Waals surface area contributed by atoms with E-state index in [0.717, 1.165) is 5.13 Å². The summed E-state index contributed by atoms with van der Waals surface area (Å²) < 4.78 is 0. The number of aromatic nitrogens is 1. The van der Waals surface area contributed by atoms with Crippen LogP contribution in [-0.2, 0) is 11.2 Å². The third-order valence-electron chi connectivity index (χ3n) is 2.88. The summed E-state index contributed by atoms with van der Waals surface area (Å²) in [6.45, 7) is 4.14. The number of carbonyl (C=O) groups is 1. The highest BCUT2D eigenvalue weighted by Gasteiger charge is 2.11. The molecule has 0 amide bonds. The summed E-state index contributed by atoms with van der Waals surface area (Å²) in [5, 5.41) is 14.6. The van der Waals surface area contributed by atoms with Gasteiger partial charge in [-0.15, -0.1) is 11.3 Å². The first-order chi connectivity index (χ1) is 9.06. The van der Waals surface area contributed by atoms with Gasteiger partial charge in [0.2, 0.25) is 0 Å². The van der Waals surface area contributed by atoms with Gasteiger partial charge in [0.25, 0.3) is 0 Å². The molecule has 0 radical (unpaired) electrons. The topological polar surface area (TPSA) is 62.2 Å². The molecule has 1 aromatic carbocycles. The van der Waals surface area contributed by atoms with Gasteiger partial charge in [0, 0.05) is 5.38 Å². The number of nitrogens with one attached hydrogen (secondary N) is 1. The zero-order chi connectivity index (χ0) is 13.8. The first-order valence-electron chi connectivity index (χ1n) is 6.04. The van der Waals surface area contributed by atoms with Crippen LogP contribution in [0.4, 0.5) is 5.13 Å². The smallest absolute Gasteiger partial charge is 0.309 e. The van der Waals surface area contributed by atoms with Crippen LogP contribution in [0.3, 0.4) is 0 Å². The SMILES string of the molecule is Cc1ccccc1C(C)Nc1nc(CC(=O)O)cs1. The summed E-state index contributed by atoms with van der Waals surface area (Å²) in [6.07, 6.45) is -0.0308. The third-order valence-corrected chi connectivity index (χ3v) is 3.70. The molecule has 0 saturated heterocycles. The molecule has 0 bridgehead atoms. The van der Waals surface area contributed by atoms with Crippen LogP contribution in [0, 0.1) is 6.92 Å². The Morgan fingerprint density at radius 3 is 2.89 bits per heavy atom. The number of hydrogen-bond donors (Lipinski definition) is 2. The fraction of sp³-hybridized carbons (Fsp3) is 0.286. The number of rotatable bonds is 5. The summed E-state index contributed by atoms with van der Waals surface area (Å²) >= 11 is 1.43. The molecule has 4 nitrogen and oxygen atoms in total. The fourth-order valence-electron chi connectivity index (χ4n) is 1.94. The van der Waals surface area contributed by atoms with E-state index >= 15 is 0 Å². The van der Waals surface area contributed by atoms with Crippen molar-refractivity contribution in [3.63, 3.8) is 0 Å². The molecule has 1 aromatic heterocycles. The predicted molar refractivity (Wildman–Crippen MR) is 76.7 cm³/mol. The third kappa shape index (κ3) is 3.54. The van der Waals surface area contributed by atoms with Gasteiger partial charge in [-0.25, -0.2) is 4.98 Å². The van der Waals surface area contributed by atoms with Gasteiger partial charge in [-0.3, -0.25) is 4.79 Å². The lowest BCUT2D eigenvalue weighted by atomic mass is 10.0. The van der Waals surface area contributed by atoms with Crippen molar-refractivity contribution in [1.82, 2.24) is 4.98 Å². The van der Waals surface area contributed by atoms with Crippen LogP contribution in [0.2, 0.25) is 0 Å². The highest BCUT2D eigenvalue weighted by Crippen LogP contribution is 2.24. The van der Waals surface area contributed by atoms with E-state index in [0.29, 0.717) is 5.69 Å². The molecule has 1 atom stereocenters. The first-order valence-corrected chi connectivity index (χ1v) is 6.92. The Morgan fingerprint density at radius 2 is 2.21 bits per heavy atom. The van der Waals surface area contributed by atoms with Gasteiger partial charge in [0.1, 0.15) is 0 Å². The van der Waals surface area contributed by atoms with Crippen LogP contribution in [0.5, 0.6) is 0 Å². The van der Waals surface area contributed by atoms with E-state index in [4.69, 9.17) is 5.11 Å². The molecule has 2 aromatic rings. The largest absolute Gasteiger partial charge is 0.481 e. The van der Waals surface area contributed by atoms with Crippen molar-refractivity contribution >= 4 is 22.4 Å². The molecule has 0 aliphatic heterocycles. The van der Waals surface area contributed by atoms with E-state index in [1.54, 1.807) is 5.38 Å². The van der Waals surface area contributed by atoms with Gasteiger partial charge in [0.05, 0.1) is 18.2 Å². The molecule has 2 rings (SSSR count). The highest BCUT2D eigenvalue weighted by atomic mass is 32.1. The summed E-state index contributed by atoms with van der Waals surface area (Å²) in [6, 6.07) is 8.33. The Morgan fingerprint density at radius 1 is 1.47 bits per heavy atom. The maximum atomic E-state index is 10.6. The lowest BCUT2D eigenvalue weighted by molar-refractivity contribution is -0.136.